The van der Waals surface area contributed by atoms with Gasteiger partial charge in [-0.25, -0.2) is 18.4 Å². The molecule has 1 unspecified atom stereocenters. The molecular weight excluding hydrogens is 282 g/mol. The number of ether oxygens (including phenoxy) is 1. The molecule has 1 aromatic rings. The average molecular weight is 296 g/mol. The van der Waals surface area contributed by atoms with Gasteiger partial charge >= 0.3 is 12.0 Å². The Morgan fingerprint density at radius 3 is 2.57 bits per heavy atom. The van der Waals surface area contributed by atoms with Gasteiger partial charge in [0.1, 0.15) is 0 Å². The number of carbonyl (C=O) groups is 2. The topological polar surface area (TPSA) is 58.6 Å². The minimum absolute atomic E-state index is 0.172. The van der Waals surface area contributed by atoms with Crippen molar-refractivity contribution in [3.63, 3.8) is 0 Å². The number of urea groups is 1. The number of hydrogen-bond acceptors (Lipinski definition) is 3. The molecule has 5 nitrogen and oxygen atoms in total. The van der Waals surface area contributed by atoms with Gasteiger partial charge in [0.25, 0.3) is 0 Å². The number of allylic oxidation sites excluding steroid dienone is 1. The molecule has 1 aliphatic heterocycles. The number of amides is 2. The number of carbonyl (C=O) groups excluding carboxylic acids is 2. The normalized spacial score (nSPS) is 18.6. The Morgan fingerprint density at radius 1 is 1.33 bits per heavy atom. The van der Waals surface area contributed by atoms with Crippen LogP contribution >= 0.6 is 0 Å². The van der Waals surface area contributed by atoms with E-state index < -0.39 is 29.7 Å². The smallest absolute Gasteiger partial charge is 0.337 e. The number of halogens is 2. The molecule has 7 heteroatoms. The summed E-state index contributed by atoms with van der Waals surface area (Å²) >= 11 is 0. The fourth-order valence-corrected chi connectivity index (χ4v) is 2.15. The van der Waals surface area contributed by atoms with Gasteiger partial charge in [0.15, 0.2) is 11.6 Å². The van der Waals surface area contributed by atoms with Gasteiger partial charge in [0, 0.05) is 12.7 Å². The first-order valence-electron chi connectivity index (χ1n) is 6.15. The zero-order valence-electron chi connectivity index (χ0n) is 11.7. The Bertz CT molecular complexity index is 643. The van der Waals surface area contributed by atoms with Crippen LogP contribution < -0.4 is 5.32 Å². The van der Waals surface area contributed by atoms with E-state index in [0.717, 1.165) is 12.1 Å². The van der Waals surface area contributed by atoms with E-state index in [0.29, 0.717) is 5.70 Å². The van der Waals surface area contributed by atoms with Crippen molar-refractivity contribution in [2.45, 2.75) is 13.0 Å². The lowest BCUT2D eigenvalue weighted by Crippen LogP contribution is -2.46. The lowest BCUT2D eigenvalue weighted by Gasteiger charge is -2.33. The van der Waals surface area contributed by atoms with Crippen LogP contribution in [-0.4, -0.2) is 31.1 Å². The molecule has 0 saturated carbocycles. The summed E-state index contributed by atoms with van der Waals surface area (Å²) in [5, 5.41) is 2.56. The van der Waals surface area contributed by atoms with Crippen LogP contribution in [0.15, 0.2) is 29.5 Å². The van der Waals surface area contributed by atoms with Gasteiger partial charge in [0.2, 0.25) is 0 Å². The molecule has 21 heavy (non-hydrogen) atoms. The molecule has 0 saturated heterocycles. The summed E-state index contributed by atoms with van der Waals surface area (Å²) in [5.74, 6) is -2.70. The van der Waals surface area contributed by atoms with Gasteiger partial charge in [0.05, 0.1) is 18.7 Å². The monoisotopic (exact) mass is 296 g/mol. The second kappa shape index (κ2) is 5.51. The molecule has 0 aromatic heterocycles. The van der Waals surface area contributed by atoms with E-state index in [1.165, 1.54) is 25.1 Å². The molecule has 1 N–H and O–H groups in total. The van der Waals surface area contributed by atoms with Crippen molar-refractivity contribution in [1.82, 2.24) is 10.2 Å². The second-order valence-corrected chi connectivity index (χ2v) is 4.61. The average Bonchev–Trinajstić information content (AvgIpc) is 2.46. The fraction of sp³-hybridized carbons (Fsp3) is 0.286. The van der Waals surface area contributed by atoms with E-state index in [-0.39, 0.29) is 11.1 Å². The minimum atomic E-state index is -1.05. The number of benzene rings is 1. The lowest BCUT2D eigenvalue weighted by molar-refractivity contribution is -0.136. The number of rotatable bonds is 2. The minimum Gasteiger partial charge on any atom is -0.466 e. The van der Waals surface area contributed by atoms with Crippen LogP contribution in [-0.2, 0) is 9.53 Å². The van der Waals surface area contributed by atoms with E-state index in [9.17, 15) is 18.4 Å². The third-order valence-corrected chi connectivity index (χ3v) is 3.44. The number of methoxy groups -OCH3 is 1. The third-order valence-electron chi connectivity index (χ3n) is 3.44. The first-order valence-corrected chi connectivity index (χ1v) is 6.15. The molecule has 112 valence electrons. The molecule has 0 aliphatic carbocycles. The SMILES string of the molecule is COC(=O)C1=C(C)N(C)C(=O)NC1c1ccc(F)c(F)c1. The van der Waals surface area contributed by atoms with E-state index in [2.05, 4.69) is 5.32 Å². The number of esters is 1. The first kappa shape index (κ1) is 15.0. The maximum atomic E-state index is 13.4. The van der Waals surface area contributed by atoms with Crippen LogP contribution in [0.25, 0.3) is 0 Å². The highest BCUT2D eigenvalue weighted by Gasteiger charge is 2.34. The summed E-state index contributed by atoms with van der Waals surface area (Å²) in [7, 11) is 2.70. The predicted octanol–water partition coefficient (Wildman–Crippen LogP) is 2.11. The molecule has 2 amide bonds. The Hall–Kier alpha value is -2.44. The van der Waals surface area contributed by atoms with Gasteiger partial charge in [-0.2, -0.15) is 0 Å². The van der Waals surface area contributed by atoms with Gasteiger partial charge in [-0.05, 0) is 24.6 Å². The van der Waals surface area contributed by atoms with E-state index in [1.54, 1.807) is 6.92 Å². The summed E-state index contributed by atoms with van der Waals surface area (Å²) in [6.45, 7) is 1.58. The van der Waals surface area contributed by atoms with Crippen LogP contribution in [0, 0.1) is 11.6 Å². The fourth-order valence-electron chi connectivity index (χ4n) is 2.15. The Morgan fingerprint density at radius 2 is 2.00 bits per heavy atom. The van der Waals surface area contributed by atoms with Crippen LogP contribution in [0.1, 0.15) is 18.5 Å². The second-order valence-electron chi connectivity index (χ2n) is 4.61. The summed E-state index contributed by atoms with van der Waals surface area (Å²) in [6, 6.07) is 1.86. The number of nitrogens with one attached hydrogen (secondary N) is 1. The summed E-state index contributed by atoms with van der Waals surface area (Å²) in [4.78, 5) is 25.0. The zero-order valence-corrected chi connectivity index (χ0v) is 11.7. The maximum Gasteiger partial charge on any atom is 0.337 e. The highest BCUT2D eigenvalue weighted by atomic mass is 19.2. The molecular formula is C14H14F2N2O3. The predicted molar refractivity (Wildman–Crippen MR) is 70.1 cm³/mol. The standard InChI is InChI=1S/C14H14F2N2O3/c1-7-11(13(19)21-3)12(17-14(20)18(7)2)8-4-5-9(15)10(16)6-8/h4-6,12H,1-3H3,(H,17,20). The largest absolute Gasteiger partial charge is 0.466 e. The van der Waals surface area contributed by atoms with Crippen molar-refractivity contribution in [2.75, 3.05) is 14.2 Å². The number of hydrogen-bond donors (Lipinski definition) is 1. The quantitative estimate of drug-likeness (QED) is 0.850. The van der Waals surface area contributed by atoms with Crippen LogP contribution in [0.4, 0.5) is 13.6 Å². The molecule has 0 radical (unpaired) electrons. The van der Waals surface area contributed by atoms with Gasteiger partial charge < -0.3 is 15.0 Å². The van der Waals surface area contributed by atoms with Crippen LogP contribution in [0.2, 0.25) is 0 Å². The zero-order chi connectivity index (χ0) is 15.7. The Balaban J connectivity index is 2.56. The summed E-state index contributed by atoms with van der Waals surface area (Å²) in [6.07, 6.45) is 0. The number of nitrogens with zero attached hydrogens (tertiary/aromatic N) is 1. The summed E-state index contributed by atoms with van der Waals surface area (Å²) < 4.78 is 31.1. The van der Waals surface area contributed by atoms with Crippen molar-refractivity contribution < 1.29 is 23.1 Å². The molecule has 1 aliphatic rings. The van der Waals surface area contributed by atoms with E-state index in [4.69, 9.17) is 4.74 Å². The van der Waals surface area contributed by atoms with Gasteiger partial charge in [-0.1, -0.05) is 6.07 Å². The van der Waals surface area contributed by atoms with Crippen molar-refractivity contribution in [3.05, 3.63) is 46.7 Å². The Labute approximate surface area is 120 Å². The lowest BCUT2D eigenvalue weighted by atomic mass is 9.95. The van der Waals surface area contributed by atoms with Crippen LogP contribution in [0.5, 0.6) is 0 Å². The van der Waals surface area contributed by atoms with Crippen molar-refractivity contribution in [1.29, 1.82) is 0 Å². The molecule has 1 heterocycles. The van der Waals surface area contributed by atoms with E-state index >= 15 is 0 Å². The van der Waals surface area contributed by atoms with E-state index in [1.807, 2.05) is 0 Å². The molecule has 1 aromatic carbocycles. The Kier molecular flexibility index (Phi) is 3.93. The van der Waals surface area contributed by atoms with Gasteiger partial charge in [-0.15, -0.1) is 0 Å². The first-order chi connectivity index (χ1) is 9.86. The molecule has 2 rings (SSSR count). The van der Waals surface area contributed by atoms with Gasteiger partial charge in [-0.3, -0.25) is 0 Å². The highest BCUT2D eigenvalue weighted by Crippen LogP contribution is 2.31. The molecule has 0 bridgehead atoms. The van der Waals surface area contributed by atoms with Crippen molar-refractivity contribution >= 4 is 12.0 Å². The highest BCUT2D eigenvalue weighted by molar-refractivity contribution is 5.94. The molecule has 1 atom stereocenters. The van der Waals surface area contributed by atoms with Crippen LogP contribution in [0.3, 0.4) is 0 Å². The van der Waals surface area contributed by atoms with Crippen molar-refractivity contribution in [2.24, 2.45) is 0 Å². The summed E-state index contributed by atoms with van der Waals surface area (Å²) in [5.41, 5.74) is 0.820. The maximum absolute atomic E-state index is 13.4. The molecule has 0 spiro atoms. The molecule has 0 fully saturated rings. The third kappa shape index (κ3) is 2.58. The van der Waals surface area contributed by atoms with Crippen molar-refractivity contribution in [3.8, 4) is 0 Å².